The molecule has 0 saturated carbocycles. The molecule has 0 saturated heterocycles. The average Bonchev–Trinajstić information content (AvgIpc) is 3.14. The average molecular weight is 411 g/mol. The van der Waals surface area contributed by atoms with E-state index >= 15 is 0 Å². The number of imidazole rings is 1. The van der Waals surface area contributed by atoms with Crippen molar-refractivity contribution >= 4 is 8.07 Å². The minimum Gasteiger partial charge on any atom is -0.497 e. The van der Waals surface area contributed by atoms with Gasteiger partial charge in [0.2, 0.25) is 0 Å². The maximum atomic E-state index is 6.09. The molecule has 3 rings (SSSR count). The summed E-state index contributed by atoms with van der Waals surface area (Å²) in [5.74, 6) is 2.48. The number of nitrogens with zero attached hydrogens (tertiary/aromatic N) is 2. The van der Waals surface area contributed by atoms with Gasteiger partial charge in [-0.3, -0.25) is 4.57 Å². The minimum atomic E-state index is -1.14. The maximum absolute atomic E-state index is 6.09. The van der Waals surface area contributed by atoms with Crippen molar-refractivity contribution in [3.05, 3.63) is 54.7 Å². The number of methoxy groups -OCH3 is 2. The molecule has 0 aliphatic carbocycles. The zero-order chi connectivity index (χ0) is 20.9. The van der Waals surface area contributed by atoms with Crippen LogP contribution >= 0.6 is 0 Å². The first-order chi connectivity index (χ1) is 13.9. The number of hydrogen-bond donors (Lipinski definition) is 0. The van der Waals surface area contributed by atoms with E-state index in [2.05, 4.69) is 30.3 Å². The lowest BCUT2D eigenvalue weighted by molar-refractivity contribution is 0.0893. The van der Waals surface area contributed by atoms with E-state index in [1.807, 2.05) is 48.7 Å². The van der Waals surface area contributed by atoms with Gasteiger partial charge in [0.1, 0.15) is 24.1 Å². The van der Waals surface area contributed by atoms with Gasteiger partial charge in [0.15, 0.2) is 0 Å². The molecular weight excluding hydrogens is 380 g/mol. The van der Waals surface area contributed by atoms with Crippen LogP contribution in [0.2, 0.25) is 25.7 Å². The first-order valence-corrected chi connectivity index (χ1v) is 13.5. The molecule has 0 amide bonds. The molecule has 0 aliphatic heterocycles. The second kappa shape index (κ2) is 9.28. The Morgan fingerprint density at radius 1 is 0.897 bits per heavy atom. The number of rotatable bonds is 9. The van der Waals surface area contributed by atoms with E-state index in [1.165, 1.54) is 0 Å². The first-order valence-electron chi connectivity index (χ1n) is 9.83. The lowest BCUT2D eigenvalue weighted by Crippen LogP contribution is -2.22. The van der Waals surface area contributed by atoms with Crippen molar-refractivity contribution in [3.63, 3.8) is 0 Å². The lowest BCUT2D eigenvalue weighted by atomic mass is 10.1. The van der Waals surface area contributed by atoms with Crippen LogP contribution in [0, 0.1) is 0 Å². The fraction of sp³-hybridized carbons (Fsp3) is 0.348. The predicted molar refractivity (Wildman–Crippen MR) is 120 cm³/mol. The Labute approximate surface area is 174 Å². The molecule has 1 aromatic heterocycles. The van der Waals surface area contributed by atoms with E-state index < -0.39 is 8.07 Å². The minimum absolute atomic E-state index is 0.448. The summed E-state index contributed by atoms with van der Waals surface area (Å²) in [7, 11) is 2.21. The van der Waals surface area contributed by atoms with E-state index in [-0.39, 0.29) is 0 Å². The van der Waals surface area contributed by atoms with Gasteiger partial charge in [0.25, 0.3) is 0 Å². The van der Waals surface area contributed by atoms with E-state index in [9.17, 15) is 0 Å². The number of benzene rings is 2. The molecule has 0 spiro atoms. The standard InChI is InChI=1S/C23H30N2O3Si/c1-26-20-10-6-8-18(14-20)22-16-24-23(19-9-7-11-21(15-19)27-2)25(22)17-28-12-13-29(3,4)5/h6-11,14-16H,12-13,17H2,1-5H3. The quantitative estimate of drug-likeness (QED) is 0.343. The Balaban J connectivity index is 1.96. The van der Waals surface area contributed by atoms with Crippen molar-refractivity contribution in [1.29, 1.82) is 0 Å². The molecule has 154 valence electrons. The van der Waals surface area contributed by atoms with Crippen LogP contribution in [0.4, 0.5) is 0 Å². The molecule has 0 bridgehead atoms. The third kappa shape index (κ3) is 5.49. The van der Waals surface area contributed by atoms with Crippen LogP contribution in [0.5, 0.6) is 11.5 Å². The van der Waals surface area contributed by atoms with Crippen LogP contribution in [0.15, 0.2) is 54.7 Å². The number of ether oxygens (including phenoxy) is 3. The second-order valence-electron chi connectivity index (χ2n) is 8.21. The Bertz CT molecular complexity index is 882. The topological polar surface area (TPSA) is 45.5 Å². The molecule has 0 atom stereocenters. The Hall–Kier alpha value is -2.57. The van der Waals surface area contributed by atoms with E-state index in [4.69, 9.17) is 19.2 Å². The molecule has 0 unspecified atom stereocenters. The highest BCUT2D eigenvalue weighted by Crippen LogP contribution is 2.30. The van der Waals surface area contributed by atoms with Crippen molar-refractivity contribution in [2.24, 2.45) is 0 Å². The third-order valence-corrected chi connectivity index (χ3v) is 6.47. The molecular formula is C23H30N2O3Si. The summed E-state index contributed by atoms with van der Waals surface area (Å²) in [4.78, 5) is 4.72. The highest BCUT2D eigenvalue weighted by atomic mass is 28.3. The van der Waals surface area contributed by atoms with Crippen LogP contribution in [-0.4, -0.2) is 38.5 Å². The van der Waals surface area contributed by atoms with Gasteiger partial charge >= 0.3 is 0 Å². The zero-order valence-electron chi connectivity index (χ0n) is 17.9. The summed E-state index contributed by atoms with van der Waals surface area (Å²) in [5, 5.41) is 0. The van der Waals surface area contributed by atoms with Crippen LogP contribution in [0.1, 0.15) is 0 Å². The first kappa shape index (κ1) is 21.1. The second-order valence-corrected chi connectivity index (χ2v) is 13.8. The number of aromatic nitrogens is 2. The molecule has 6 heteroatoms. The number of hydrogen-bond acceptors (Lipinski definition) is 4. The largest absolute Gasteiger partial charge is 0.497 e. The van der Waals surface area contributed by atoms with E-state index in [0.29, 0.717) is 6.73 Å². The molecule has 5 nitrogen and oxygen atoms in total. The van der Waals surface area contributed by atoms with E-state index in [0.717, 1.165) is 46.8 Å². The van der Waals surface area contributed by atoms with Crippen LogP contribution in [0.3, 0.4) is 0 Å². The third-order valence-electron chi connectivity index (χ3n) is 4.77. The summed E-state index contributed by atoms with van der Waals surface area (Å²) in [6, 6.07) is 17.1. The maximum Gasteiger partial charge on any atom is 0.142 e. The van der Waals surface area contributed by atoms with Crippen molar-refractivity contribution in [2.45, 2.75) is 32.4 Å². The van der Waals surface area contributed by atoms with Crippen LogP contribution < -0.4 is 9.47 Å². The van der Waals surface area contributed by atoms with Gasteiger partial charge in [0.05, 0.1) is 26.1 Å². The Morgan fingerprint density at radius 2 is 1.52 bits per heavy atom. The molecule has 0 aliphatic rings. The molecule has 0 fully saturated rings. The fourth-order valence-corrected chi connectivity index (χ4v) is 3.80. The summed E-state index contributed by atoms with van der Waals surface area (Å²) >= 11 is 0. The summed E-state index contributed by atoms with van der Waals surface area (Å²) < 4.78 is 19.0. The van der Waals surface area contributed by atoms with Crippen molar-refractivity contribution < 1.29 is 14.2 Å². The van der Waals surface area contributed by atoms with Gasteiger partial charge in [0, 0.05) is 25.8 Å². The Kier molecular flexibility index (Phi) is 6.77. The lowest BCUT2D eigenvalue weighted by Gasteiger charge is -2.17. The molecule has 1 heterocycles. The van der Waals surface area contributed by atoms with Gasteiger partial charge < -0.3 is 14.2 Å². The van der Waals surface area contributed by atoms with Gasteiger partial charge in [-0.2, -0.15) is 0 Å². The van der Waals surface area contributed by atoms with E-state index in [1.54, 1.807) is 14.2 Å². The summed E-state index contributed by atoms with van der Waals surface area (Å²) in [5.41, 5.74) is 3.03. The molecule has 2 aromatic carbocycles. The van der Waals surface area contributed by atoms with Crippen LogP contribution in [0.25, 0.3) is 22.6 Å². The smallest absolute Gasteiger partial charge is 0.142 e. The highest BCUT2D eigenvalue weighted by molar-refractivity contribution is 6.76. The molecule has 29 heavy (non-hydrogen) atoms. The molecule has 0 radical (unpaired) electrons. The summed E-state index contributed by atoms with van der Waals surface area (Å²) in [6.45, 7) is 8.28. The predicted octanol–water partition coefficient (Wildman–Crippen LogP) is 5.55. The summed E-state index contributed by atoms with van der Waals surface area (Å²) in [6.07, 6.45) is 1.89. The molecule has 0 N–H and O–H groups in total. The Morgan fingerprint density at radius 3 is 2.14 bits per heavy atom. The van der Waals surface area contributed by atoms with Gasteiger partial charge in [-0.1, -0.05) is 43.9 Å². The normalized spacial score (nSPS) is 11.5. The van der Waals surface area contributed by atoms with Crippen molar-refractivity contribution in [1.82, 2.24) is 9.55 Å². The van der Waals surface area contributed by atoms with Crippen LogP contribution in [-0.2, 0) is 11.5 Å². The van der Waals surface area contributed by atoms with Gasteiger partial charge in [-0.25, -0.2) is 4.98 Å². The van der Waals surface area contributed by atoms with Crippen molar-refractivity contribution in [2.75, 3.05) is 20.8 Å². The van der Waals surface area contributed by atoms with Gasteiger partial charge in [-0.15, -0.1) is 0 Å². The van der Waals surface area contributed by atoms with Gasteiger partial charge in [-0.05, 0) is 30.3 Å². The van der Waals surface area contributed by atoms with Crippen molar-refractivity contribution in [3.8, 4) is 34.1 Å². The zero-order valence-corrected chi connectivity index (χ0v) is 18.9. The SMILES string of the molecule is COc1cccc(-c2cnc(-c3cccc(OC)c3)n2COCC[Si](C)(C)C)c1. The molecule has 3 aromatic rings. The fourth-order valence-electron chi connectivity index (χ4n) is 3.05. The highest BCUT2D eigenvalue weighted by Gasteiger charge is 2.16. The monoisotopic (exact) mass is 410 g/mol.